The minimum Gasteiger partial charge on any atom is -0.428 e. The summed E-state index contributed by atoms with van der Waals surface area (Å²) in [6, 6.07) is 7.50. The predicted molar refractivity (Wildman–Crippen MR) is 67.8 cm³/mol. The maximum Gasteiger partial charge on any atom is 0.343 e. The molecule has 0 N–H and O–H groups in total. The molecule has 0 unspecified atom stereocenters. The molecule has 0 fully saturated rings. The zero-order chi connectivity index (χ0) is 14.7. The monoisotopic (exact) mass is 275 g/mol. The molecule has 0 amide bonds. The Morgan fingerprint density at radius 3 is 2.70 bits per heavy atom. The highest BCUT2D eigenvalue weighted by Gasteiger charge is 2.14. The molecule has 20 heavy (non-hydrogen) atoms. The van der Waals surface area contributed by atoms with E-state index in [2.05, 4.69) is 0 Å². The van der Waals surface area contributed by atoms with Gasteiger partial charge < -0.3 is 9.15 Å². The predicted octanol–water partition coefficient (Wildman–Crippen LogP) is 2.08. The summed E-state index contributed by atoms with van der Waals surface area (Å²) < 4.78 is 9.69. The van der Waals surface area contributed by atoms with E-state index < -0.39 is 16.5 Å². The van der Waals surface area contributed by atoms with E-state index in [0.29, 0.717) is 5.76 Å². The summed E-state index contributed by atoms with van der Waals surface area (Å²) in [7, 11) is 0. The maximum absolute atomic E-state index is 11.8. The van der Waals surface area contributed by atoms with Gasteiger partial charge in [0.2, 0.25) is 0 Å². The zero-order valence-corrected chi connectivity index (χ0v) is 10.4. The molecule has 0 spiro atoms. The molecule has 0 saturated carbocycles. The van der Waals surface area contributed by atoms with Crippen LogP contribution >= 0.6 is 0 Å². The number of ether oxygens (including phenoxy) is 1. The smallest absolute Gasteiger partial charge is 0.343 e. The number of non-ortho nitro benzene ring substituents is 1. The van der Waals surface area contributed by atoms with Gasteiger partial charge in [0.15, 0.2) is 0 Å². The fourth-order valence-electron chi connectivity index (χ4n) is 1.55. The van der Waals surface area contributed by atoms with Crippen LogP contribution in [0.3, 0.4) is 0 Å². The molecule has 1 heterocycles. The van der Waals surface area contributed by atoms with Crippen molar-refractivity contribution in [2.45, 2.75) is 6.92 Å². The highest BCUT2D eigenvalue weighted by atomic mass is 16.6. The van der Waals surface area contributed by atoms with Crippen LogP contribution < -0.4 is 10.4 Å². The number of aryl methyl sites for hydroxylation is 1. The summed E-state index contributed by atoms with van der Waals surface area (Å²) in [4.78, 5) is 33.0. The van der Waals surface area contributed by atoms with Crippen molar-refractivity contribution in [3.63, 3.8) is 0 Å². The van der Waals surface area contributed by atoms with Crippen molar-refractivity contribution in [2.24, 2.45) is 0 Å². The number of carbonyl (C=O) groups is 1. The largest absolute Gasteiger partial charge is 0.428 e. The summed E-state index contributed by atoms with van der Waals surface area (Å²) in [5.74, 6) is -0.478. The molecule has 0 radical (unpaired) electrons. The first kappa shape index (κ1) is 13.5. The summed E-state index contributed by atoms with van der Waals surface area (Å²) >= 11 is 0. The van der Waals surface area contributed by atoms with Crippen LogP contribution in [0.5, 0.6) is 5.75 Å². The van der Waals surface area contributed by atoms with Crippen molar-refractivity contribution in [3.05, 3.63) is 68.3 Å². The average Bonchev–Trinajstić information content (AvgIpc) is 2.37. The highest BCUT2D eigenvalue weighted by Crippen LogP contribution is 2.16. The molecule has 102 valence electrons. The molecule has 7 heteroatoms. The van der Waals surface area contributed by atoms with Crippen LogP contribution in [0.2, 0.25) is 0 Å². The number of hydrogen-bond donors (Lipinski definition) is 0. The number of esters is 1. The Bertz CT molecular complexity index is 734. The third-order valence-corrected chi connectivity index (χ3v) is 2.37. The Labute approximate surface area is 112 Å². The Morgan fingerprint density at radius 1 is 1.30 bits per heavy atom. The van der Waals surface area contributed by atoms with E-state index in [9.17, 15) is 19.7 Å². The van der Waals surface area contributed by atoms with Crippen LogP contribution in [0.15, 0.2) is 45.6 Å². The lowest BCUT2D eigenvalue weighted by Gasteiger charge is -2.04. The Morgan fingerprint density at radius 2 is 2.05 bits per heavy atom. The highest BCUT2D eigenvalue weighted by molar-refractivity contribution is 5.91. The van der Waals surface area contributed by atoms with Crippen molar-refractivity contribution >= 4 is 11.7 Å². The first-order valence-corrected chi connectivity index (χ1v) is 5.54. The third-order valence-electron chi connectivity index (χ3n) is 2.37. The van der Waals surface area contributed by atoms with Crippen LogP contribution in [0.25, 0.3) is 0 Å². The lowest BCUT2D eigenvalue weighted by Crippen LogP contribution is -2.10. The first-order chi connectivity index (χ1) is 9.45. The molecule has 0 saturated heterocycles. The van der Waals surface area contributed by atoms with E-state index >= 15 is 0 Å². The SMILES string of the molecule is Cc1cc(OC(=O)c2cccc([N+](=O)[O-])c2)cc(=O)o1. The molecule has 2 aromatic rings. The Kier molecular flexibility index (Phi) is 3.60. The second-order valence-corrected chi connectivity index (χ2v) is 3.92. The van der Waals surface area contributed by atoms with Gasteiger partial charge in [0.05, 0.1) is 16.6 Å². The van der Waals surface area contributed by atoms with Gasteiger partial charge in [-0.05, 0) is 13.0 Å². The van der Waals surface area contributed by atoms with E-state index in [-0.39, 0.29) is 17.0 Å². The molecule has 0 atom stereocenters. The Balaban J connectivity index is 2.26. The van der Waals surface area contributed by atoms with Crippen LogP contribution in [0, 0.1) is 17.0 Å². The molecule has 0 aliphatic rings. The summed E-state index contributed by atoms with van der Waals surface area (Å²) in [5.41, 5.74) is -0.847. The van der Waals surface area contributed by atoms with E-state index in [0.717, 1.165) is 12.1 Å². The van der Waals surface area contributed by atoms with Crippen molar-refractivity contribution in [2.75, 3.05) is 0 Å². The van der Waals surface area contributed by atoms with Crippen LogP contribution in [-0.2, 0) is 0 Å². The molecule has 2 rings (SSSR count). The molecular weight excluding hydrogens is 266 g/mol. The summed E-state index contributed by atoms with van der Waals surface area (Å²) in [6.07, 6.45) is 0. The number of carbonyl (C=O) groups excluding carboxylic acids is 1. The number of nitro groups is 1. The standard InChI is InChI=1S/C13H9NO6/c1-8-5-11(7-12(15)19-8)20-13(16)9-3-2-4-10(6-9)14(17)18/h2-7H,1H3. The molecule has 0 aliphatic heterocycles. The minimum atomic E-state index is -0.793. The molecule has 1 aromatic heterocycles. The second kappa shape index (κ2) is 5.35. The number of nitro benzene ring substituents is 1. The first-order valence-electron chi connectivity index (χ1n) is 5.54. The van der Waals surface area contributed by atoms with Crippen molar-refractivity contribution in [1.29, 1.82) is 0 Å². The van der Waals surface area contributed by atoms with Gasteiger partial charge in [0, 0.05) is 18.2 Å². The molecule has 0 bridgehead atoms. The van der Waals surface area contributed by atoms with E-state index in [1.165, 1.54) is 31.2 Å². The minimum absolute atomic E-state index is 0.0186. The van der Waals surface area contributed by atoms with Gasteiger partial charge >= 0.3 is 11.6 Å². The third kappa shape index (κ3) is 3.08. The lowest BCUT2D eigenvalue weighted by molar-refractivity contribution is -0.384. The number of hydrogen-bond acceptors (Lipinski definition) is 6. The van der Waals surface area contributed by atoms with E-state index in [1.807, 2.05) is 0 Å². The van der Waals surface area contributed by atoms with Crippen LogP contribution in [0.4, 0.5) is 5.69 Å². The average molecular weight is 275 g/mol. The maximum atomic E-state index is 11.8. The topological polar surface area (TPSA) is 99.6 Å². The van der Waals surface area contributed by atoms with Gasteiger partial charge in [-0.2, -0.15) is 0 Å². The van der Waals surface area contributed by atoms with Crippen LogP contribution in [-0.4, -0.2) is 10.9 Å². The van der Waals surface area contributed by atoms with Crippen molar-refractivity contribution < 1.29 is 18.9 Å². The summed E-state index contributed by atoms with van der Waals surface area (Å²) in [5, 5.41) is 10.6. The quantitative estimate of drug-likeness (QED) is 0.483. The molecule has 0 aliphatic carbocycles. The zero-order valence-electron chi connectivity index (χ0n) is 10.4. The molecule has 7 nitrogen and oxygen atoms in total. The van der Waals surface area contributed by atoms with Gasteiger partial charge in [0.1, 0.15) is 11.5 Å². The number of benzene rings is 1. The van der Waals surface area contributed by atoms with Crippen molar-refractivity contribution in [1.82, 2.24) is 0 Å². The molecular formula is C13H9NO6. The van der Waals surface area contributed by atoms with E-state index in [4.69, 9.17) is 9.15 Å². The van der Waals surface area contributed by atoms with Crippen LogP contribution in [0.1, 0.15) is 16.1 Å². The number of rotatable bonds is 3. The lowest BCUT2D eigenvalue weighted by atomic mass is 10.2. The fourth-order valence-corrected chi connectivity index (χ4v) is 1.55. The van der Waals surface area contributed by atoms with E-state index in [1.54, 1.807) is 0 Å². The van der Waals surface area contributed by atoms with Gasteiger partial charge in [-0.3, -0.25) is 10.1 Å². The normalized spacial score (nSPS) is 10.1. The number of nitrogens with zero attached hydrogens (tertiary/aromatic N) is 1. The van der Waals surface area contributed by atoms with Crippen molar-refractivity contribution in [3.8, 4) is 5.75 Å². The fraction of sp³-hybridized carbons (Fsp3) is 0.0769. The Hall–Kier alpha value is -2.96. The van der Waals surface area contributed by atoms with Gasteiger partial charge in [0.25, 0.3) is 5.69 Å². The van der Waals surface area contributed by atoms with Gasteiger partial charge in [-0.25, -0.2) is 9.59 Å². The second-order valence-electron chi connectivity index (χ2n) is 3.92. The van der Waals surface area contributed by atoms with Gasteiger partial charge in [-0.15, -0.1) is 0 Å². The molecule has 1 aromatic carbocycles. The summed E-state index contributed by atoms with van der Waals surface area (Å²) in [6.45, 7) is 1.53. The van der Waals surface area contributed by atoms with Gasteiger partial charge in [-0.1, -0.05) is 6.07 Å².